The second-order valence-electron chi connectivity index (χ2n) is 5.14. The van der Waals surface area contributed by atoms with Crippen LogP contribution in [-0.2, 0) is 9.59 Å². The molecule has 2 amide bonds. The number of benzene rings is 1. The molecule has 0 aromatic heterocycles. The molecule has 1 aromatic rings. The first-order valence-corrected chi connectivity index (χ1v) is 7.42. The summed E-state index contributed by atoms with van der Waals surface area (Å²) in [5, 5.41) is 13.1. The molecule has 0 saturated carbocycles. The molecule has 6 heteroatoms. The van der Waals surface area contributed by atoms with Crippen molar-refractivity contribution in [1.82, 2.24) is 10.2 Å². The predicted molar refractivity (Wildman–Crippen MR) is 79.9 cm³/mol. The second-order valence-corrected chi connectivity index (χ2v) is 5.57. The van der Waals surface area contributed by atoms with Gasteiger partial charge in [0.05, 0.1) is 19.1 Å². The molecule has 2 N–H and O–H groups in total. The van der Waals surface area contributed by atoms with Crippen molar-refractivity contribution in [2.75, 3.05) is 19.6 Å². The first kappa shape index (κ1) is 15.8. The molecule has 1 saturated heterocycles. The Morgan fingerprint density at radius 3 is 2.48 bits per heavy atom. The lowest BCUT2D eigenvalue weighted by atomic mass is 10.1. The van der Waals surface area contributed by atoms with Crippen LogP contribution >= 0.6 is 11.6 Å². The van der Waals surface area contributed by atoms with Gasteiger partial charge in [0, 0.05) is 18.1 Å². The number of aliphatic hydroxyl groups excluding tert-OH is 1. The van der Waals surface area contributed by atoms with Gasteiger partial charge >= 0.3 is 0 Å². The standard InChI is InChI=1S/C15H19ClN2O3/c16-12-5-3-11(4-6-12)13(19)9-14(20)17-10-15(21)18-7-1-2-8-18/h3-6,13,19H,1-2,7-10H2,(H,17,20). The normalized spacial score (nSPS) is 15.8. The van der Waals surface area contributed by atoms with E-state index in [0.29, 0.717) is 10.6 Å². The van der Waals surface area contributed by atoms with E-state index in [1.807, 2.05) is 0 Å². The molecule has 1 fully saturated rings. The van der Waals surface area contributed by atoms with Crippen LogP contribution in [-0.4, -0.2) is 41.5 Å². The second kappa shape index (κ2) is 7.43. The topological polar surface area (TPSA) is 69.6 Å². The maximum atomic E-state index is 11.8. The minimum Gasteiger partial charge on any atom is -0.388 e. The summed E-state index contributed by atoms with van der Waals surface area (Å²) in [7, 11) is 0. The Hall–Kier alpha value is -1.59. The van der Waals surface area contributed by atoms with Crippen LogP contribution < -0.4 is 5.32 Å². The van der Waals surface area contributed by atoms with E-state index in [1.54, 1.807) is 29.2 Å². The van der Waals surface area contributed by atoms with Gasteiger partial charge in [-0.05, 0) is 30.5 Å². The molecule has 0 bridgehead atoms. The highest BCUT2D eigenvalue weighted by molar-refractivity contribution is 6.30. The van der Waals surface area contributed by atoms with E-state index >= 15 is 0 Å². The average molecular weight is 311 g/mol. The van der Waals surface area contributed by atoms with Crippen LogP contribution in [0, 0.1) is 0 Å². The zero-order chi connectivity index (χ0) is 15.2. The van der Waals surface area contributed by atoms with Gasteiger partial charge in [0.1, 0.15) is 0 Å². The Balaban J connectivity index is 1.75. The fourth-order valence-corrected chi connectivity index (χ4v) is 2.43. The number of rotatable bonds is 5. The van der Waals surface area contributed by atoms with Crippen LogP contribution in [0.3, 0.4) is 0 Å². The number of halogens is 1. The van der Waals surface area contributed by atoms with E-state index in [1.165, 1.54) is 0 Å². The number of hydrogen-bond donors (Lipinski definition) is 2. The number of nitrogens with one attached hydrogen (secondary N) is 1. The van der Waals surface area contributed by atoms with Crippen LogP contribution in [0.15, 0.2) is 24.3 Å². The molecule has 1 aliphatic rings. The highest BCUT2D eigenvalue weighted by Gasteiger charge is 2.19. The Bertz CT molecular complexity index is 498. The first-order valence-electron chi connectivity index (χ1n) is 7.04. The number of carbonyl (C=O) groups excluding carboxylic acids is 2. The summed E-state index contributed by atoms with van der Waals surface area (Å²) in [5.74, 6) is -0.410. The lowest BCUT2D eigenvalue weighted by Crippen LogP contribution is -2.39. The van der Waals surface area contributed by atoms with Crippen molar-refractivity contribution in [2.45, 2.75) is 25.4 Å². The van der Waals surface area contributed by atoms with Gasteiger partial charge in [-0.15, -0.1) is 0 Å². The van der Waals surface area contributed by atoms with E-state index < -0.39 is 6.10 Å². The molecule has 21 heavy (non-hydrogen) atoms. The lowest BCUT2D eigenvalue weighted by Gasteiger charge is -2.16. The van der Waals surface area contributed by atoms with Gasteiger partial charge in [-0.2, -0.15) is 0 Å². The minimum absolute atomic E-state index is 0.00777. The number of hydrogen-bond acceptors (Lipinski definition) is 3. The summed E-state index contributed by atoms with van der Waals surface area (Å²) in [4.78, 5) is 25.3. The van der Waals surface area contributed by atoms with Gasteiger partial charge in [-0.3, -0.25) is 9.59 Å². The number of likely N-dealkylation sites (tertiary alicyclic amines) is 1. The largest absolute Gasteiger partial charge is 0.388 e. The molecule has 0 aliphatic carbocycles. The molecule has 1 heterocycles. The average Bonchev–Trinajstić information content (AvgIpc) is 2.99. The third-order valence-electron chi connectivity index (χ3n) is 3.53. The van der Waals surface area contributed by atoms with Gasteiger partial charge in [-0.25, -0.2) is 0 Å². The van der Waals surface area contributed by atoms with Crippen molar-refractivity contribution in [3.05, 3.63) is 34.9 Å². The monoisotopic (exact) mass is 310 g/mol. The first-order chi connectivity index (χ1) is 10.1. The molecule has 114 valence electrons. The summed E-state index contributed by atoms with van der Waals surface area (Å²) < 4.78 is 0. The Labute approximate surface area is 128 Å². The Morgan fingerprint density at radius 2 is 1.86 bits per heavy atom. The van der Waals surface area contributed by atoms with Gasteiger partial charge in [-0.1, -0.05) is 23.7 Å². The molecule has 1 aliphatic heterocycles. The zero-order valence-electron chi connectivity index (χ0n) is 11.7. The number of amides is 2. The molecule has 0 radical (unpaired) electrons. The lowest BCUT2D eigenvalue weighted by molar-refractivity contribution is -0.132. The van der Waals surface area contributed by atoms with Crippen molar-refractivity contribution < 1.29 is 14.7 Å². The van der Waals surface area contributed by atoms with E-state index in [4.69, 9.17) is 11.6 Å². The molecule has 1 unspecified atom stereocenters. The molecule has 0 spiro atoms. The summed E-state index contributed by atoms with van der Waals surface area (Å²) in [6, 6.07) is 6.68. The fourth-order valence-electron chi connectivity index (χ4n) is 2.30. The van der Waals surface area contributed by atoms with Crippen LogP contribution in [0.25, 0.3) is 0 Å². The van der Waals surface area contributed by atoms with Crippen molar-refractivity contribution in [3.8, 4) is 0 Å². The fraction of sp³-hybridized carbons (Fsp3) is 0.467. The summed E-state index contributed by atoms with van der Waals surface area (Å²) in [5.41, 5.74) is 0.625. The SMILES string of the molecule is O=C(CC(O)c1ccc(Cl)cc1)NCC(=O)N1CCCC1. The molecule has 1 aromatic carbocycles. The molecule has 2 rings (SSSR count). The van der Waals surface area contributed by atoms with Gasteiger partial charge in [0.15, 0.2) is 0 Å². The van der Waals surface area contributed by atoms with E-state index in [0.717, 1.165) is 25.9 Å². The predicted octanol–water partition coefficient (Wildman–Crippen LogP) is 1.50. The quantitative estimate of drug-likeness (QED) is 0.866. The molecular weight excluding hydrogens is 292 g/mol. The van der Waals surface area contributed by atoms with Crippen molar-refractivity contribution in [3.63, 3.8) is 0 Å². The van der Waals surface area contributed by atoms with Crippen LogP contribution in [0.1, 0.15) is 30.9 Å². The van der Waals surface area contributed by atoms with Crippen molar-refractivity contribution in [2.24, 2.45) is 0 Å². The van der Waals surface area contributed by atoms with Crippen LogP contribution in [0.5, 0.6) is 0 Å². The smallest absolute Gasteiger partial charge is 0.241 e. The zero-order valence-corrected chi connectivity index (χ0v) is 12.5. The van der Waals surface area contributed by atoms with E-state index in [-0.39, 0.29) is 24.8 Å². The Morgan fingerprint density at radius 1 is 1.24 bits per heavy atom. The van der Waals surface area contributed by atoms with Gasteiger partial charge < -0.3 is 15.3 Å². The summed E-state index contributed by atoms with van der Waals surface area (Å²) in [6.45, 7) is 1.52. The maximum absolute atomic E-state index is 11.8. The molecule has 1 atom stereocenters. The Kier molecular flexibility index (Phi) is 5.59. The van der Waals surface area contributed by atoms with Crippen molar-refractivity contribution in [1.29, 1.82) is 0 Å². The van der Waals surface area contributed by atoms with Gasteiger partial charge in [0.2, 0.25) is 11.8 Å². The van der Waals surface area contributed by atoms with Crippen molar-refractivity contribution >= 4 is 23.4 Å². The third kappa shape index (κ3) is 4.72. The number of nitrogens with zero attached hydrogens (tertiary/aromatic N) is 1. The van der Waals surface area contributed by atoms with E-state index in [2.05, 4.69) is 5.32 Å². The highest BCUT2D eigenvalue weighted by atomic mass is 35.5. The van der Waals surface area contributed by atoms with Crippen LogP contribution in [0.2, 0.25) is 5.02 Å². The van der Waals surface area contributed by atoms with E-state index in [9.17, 15) is 14.7 Å². The minimum atomic E-state index is -0.899. The summed E-state index contributed by atoms with van der Waals surface area (Å²) in [6.07, 6.45) is 1.07. The molecular formula is C15H19ClN2O3. The number of carbonyl (C=O) groups is 2. The van der Waals surface area contributed by atoms with Crippen LogP contribution in [0.4, 0.5) is 0 Å². The third-order valence-corrected chi connectivity index (χ3v) is 3.78. The summed E-state index contributed by atoms with van der Waals surface area (Å²) >= 11 is 5.77. The highest BCUT2D eigenvalue weighted by Crippen LogP contribution is 2.18. The maximum Gasteiger partial charge on any atom is 0.241 e. The molecule has 5 nitrogen and oxygen atoms in total. The van der Waals surface area contributed by atoms with Gasteiger partial charge in [0.25, 0.3) is 0 Å². The number of aliphatic hydroxyl groups is 1.